The molecule has 0 aromatic heterocycles. The summed E-state index contributed by atoms with van der Waals surface area (Å²) in [6.45, 7) is 6.36. The van der Waals surface area contributed by atoms with Crippen molar-refractivity contribution in [2.45, 2.75) is 57.9 Å². The average molecular weight is 364 g/mol. The minimum Gasteiger partial charge on any atom is -0.349 e. The SMILES string of the molecule is CC(C)(C)c1ccccc1NC(=O)c1ccc(C(=O)NC2CCCC2)cc1. The molecule has 4 heteroatoms. The minimum absolute atomic E-state index is 0.0630. The third-order valence-electron chi connectivity index (χ3n) is 5.08. The normalized spacial score (nSPS) is 14.8. The predicted octanol–water partition coefficient (Wildman–Crippen LogP) is 4.91. The molecule has 142 valence electrons. The summed E-state index contributed by atoms with van der Waals surface area (Å²) in [5.74, 6) is -0.235. The maximum atomic E-state index is 12.6. The fourth-order valence-corrected chi connectivity index (χ4v) is 3.55. The van der Waals surface area contributed by atoms with E-state index in [1.54, 1.807) is 24.3 Å². The van der Waals surface area contributed by atoms with Gasteiger partial charge in [-0.05, 0) is 54.2 Å². The number of anilines is 1. The van der Waals surface area contributed by atoms with Gasteiger partial charge in [0.05, 0.1) is 0 Å². The van der Waals surface area contributed by atoms with Crippen LogP contribution in [-0.2, 0) is 5.41 Å². The number of para-hydroxylation sites is 1. The summed E-state index contributed by atoms with van der Waals surface area (Å²) < 4.78 is 0. The summed E-state index contributed by atoms with van der Waals surface area (Å²) in [6, 6.07) is 15.0. The molecule has 2 aromatic carbocycles. The van der Waals surface area contributed by atoms with Gasteiger partial charge in [0, 0.05) is 22.9 Å². The van der Waals surface area contributed by atoms with Crippen LogP contribution >= 0.6 is 0 Å². The van der Waals surface area contributed by atoms with Crippen molar-refractivity contribution in [2.24, 2.45) is 0 Å². The Hall–Kier alpha value is -2.62. The maximum Gasteiger partial charge on any atom is 0.255 e. The number of benzene rings is 2. The van der Waals surface area contributed by atoms with Gasteiger partial charge < -0.3 is 10.6 Å². The van der Waals surface area contributed by atoms with E-state index in [2.05, 4.69) is 31.4 Å². The fourth-order valence-electron chi connectivity index (χ4n) is 3.55. The Bertz CT molecular complexity index is 813. The standard InChI is InChI=1S/C23H28N2O2/c1-23(2,3)19-10-6-7-11-20(19)25-22(27)17-14-12-16(13-15-17)21(26)24-18-8-4-5-9-18/h6-7,10-15,18H,4-5,8-9H2,1-3H3,(H,24,26)(H,25,27). The van der Waals surface area contributed by atoms with E-state index in [1.165, 1.54) is 12.8 Å². The van der Waals surface area contributed by atoms with Gasteiger partial charge >= 0.3 is 0 Å². The molecule has 0 heterocycles. The van der Waals surface area contributed by atoms with Crippen LogP contribution in [0.15, 0.2) is 48.5 Å². The first-order valence-corrected chi connectivity index (χ1v) is 9.66. The molecule has 0 spiro atoms. The highest BCUT2D eigenvalue weighted by atomic mass is 16.2. The van der Waals surface area contributed by atoms with Gasteiger partial charge in [0.15, 0.2) is 0 Å². The molecule has 0 aliphatic heterocycles. The molecular weight excluding hydrogens is 336 g/mol. The van der Waals surface area contributed by atoms with Gasteiger partial charge in [0.1, 0.15) is 0 Å². The molecule has 0 saturated heterocycles. The van der Waals surface area contributed by atoms with E-state index in [1.807, 2.05) is 24.3 Å². The average Bonchev–Trinajstić information content (AvgIpc) is 3.14. The van der Waals surface area contributed by atoms with Crippen LogP contribution in [-0.4, -0.2) is 17.9 Å². The number of hydrogen-bond acceptors (Lipinski definition) is 2. The Morgan fingerprint density at radius 3 is 2.00 bits per heavy atom. The first kappa shape index (κ1) is 19.2. The zero-order valence-corrected chi connectivity index (χ0v) is 16.3. The van der Waals surface area contributed by atoms with E-state index in [9.17, 15) is 9.59 Å². The fraction of sp³-hybridized carbons (Fsp3) is 0.391. The molecule has 1 fully saturated rings. The van der Waals surface area contributed by atoms with Crippen LogP contribution in [0.25, 0.3) is 0 Å². The molecule has 1 saturated carbocycles. The van der Waals surface area contributed by atoms with Gasteiger partial charge in [-0.1, -0.05) is 51.8 Å². The van der Waals surface area contributed by atoms with Crippen molar-refractivity contribution in [3.63, 3.8) is 0 Å². The highest BCUT2D eigenvalue weighted by molar-refractivity contribution is 6.05. The highest BCUT2D eigenvalue weighted by Gasteiger charge is 2.20. The van der Waals surface area contributed by atoms with Crippen LogP contribution < -0.4 is 10.6 Å². The van der Waals surface area contributed by atoms with Crippen molar-refractivity contribution in [3.05, 3.63) is 65.2 Å². The zero-order chi connectivity index (χ0) is 19.4. The van der Waals surface area contributed by atoms with E-state index >= 15 is 0 Å². The smallest absolute Gasteiger partial charge is 0.255 e. The number of hydrogen-bond donors (Lipinski definition) is 2. The van der Waals surface area contributed by atoms with Crippen LogP contribution in [0.2, 0.25) is 0 Å². The first-order valence-electron chi connectivity index (χ1n) is 9.66. The molecule has 0 unspecified atom stereocenters. The lowest BCUT2D eigenvalue weighted by atomic mass is 9.86. The molecular formula is C23H28N2O2. The monoisotopic (exact) mass is 364 g/mol. The van der Waals surface area contributed by atoms with Gasteiger partial charge in [-0.3, -0.25) is 9.59 Å². The summed E-state index contributed by atoms with van der Waals surface area (Å²) in [7, 11) is 0. The summed E-state index contributed by atoms with van der Waals surface area (Å²) in [5, 5.41) is 6.07. The van der Waals surface area contributed by atoms with E-state index in [4.69, 9.17) is 0 Å². The lowest BCUT2D eigenvalue weighted by Gasteiger charge is -2.23. The van der Waals surface area contributed by atoms with E-state index < -0.39 is 0 Å². The summed E-state index contributed by atoms with van der Waals surface area (Å²) in [5.41, 5.74) is 2.97. The van der Waals surface area contributed by atoms with Gasteiger partial charge in [0.25, 0.3) is 11.8 Å². The molecule has 0 bridgehead atoms. The second-order valence-corrected chi connectivity index (χ2v) is 8.28. The van der Waals surface area contributed by atoms with Crippen LogP contribution in [0.4, 0.5) is 5.69 Å². The molecule has 3 rings (SSSR count). The molecule has 0 radical (unpaired) electrons. The Morgan fingerprint density at radius 2 is 1.41 bits per heavy atom. The van der Waals surface area contributed by atoms with Gasteiger partial charge in [-0.15, -0.1) is 0 Å². The van der Waals surface area contributed by atoms with Crippen molar-refractivity contribution in [2.75, 3.05) is 5.32 Å². The van der Waals surface area contributed by atoms with Crippen molar-refractivity contribution in [3.8, 4) is 0 Å². The Balaban J connectivity index is 1.68. The number of carbonyl (C=O) groups excluding carboxylic acids is 2. The van der Waals surface area contributed by atoms with Crippen LogP contribution in [0.3, 0.4) is 0 Å². The molecule has 4 nitrogen and oxygen atoms in total. The predicted molar refractivity (Wildman–Crippen MR) is 109 cm³/mol. The molecule has 2 N–H and O–H groups in total. The van der Waals surface area contributed by atoms with Gasteiger partial charge in [-0.25, -0.2) is 0 Å². The maximum absolute atomic E-state index is 12.6. The van der Waals surface area contributed by atoms with E-state index in [-0.39, 0.29) is 23.3 Å². The molecule has 1 aliphatic carbocycles. The summed E-state index contributed by atoms with van der Waals surface area (Å²) in [6.07, 6.45) is 4.47. The van der Waals surface area contributed by atoms with Crippen molar-refractivity contribution in [1.82, 2.24) is 5.32 Å². The van der Waals surface area contributed by atoms with Crippen LogP contribution in [0, 0.1) is 0 Å². The zero-order valence-electron chi connectivity index (χ0n) is 16.3. The first-order chi connectivity index (χ1) is 12.8. The lowest BCUT2D eigenvalue weighted by molar-refractivity contribution is 0.0936. The largest absolute Gasteiger partial charge is 0.349 e. The quantitative estimate of drug-likeness (QED) is 0.810. The minimum atomic E-state index is -0.172. The second kappa shape index (κ2) is 7.95. The Labute approximate surface area is 161 Å². The molecule has 27 heavy (non-hydrogen) atoms. The van der Waals surface area contributed by atoms with E-state index in [0.717, 1.165) is 24.1 Å². The molecule has 2 amide bonds. The van der Waals surface area contributed by atoms with Crippen LogP contribution in [0.1, 0.15) is 72.7 Å². The van der Waals surface area contributed by atoms with Gasteiger partial charge in [-0.2, -0.15) is 0 Å². The third-order valence-corrected chi connectivity index (χ3v) is 5.08. The number of nitrogens with one attached hydrogen (secondary N) is 2. The Morgan fingerprint density at radius 1 is 0.852 bits per heavy atom. The number of amides is 2. The van der Waals surface area contributed by atoms with Crippen molar-refractivity contribution < 1.29 is 9.59 Å². The number of carbonyl (C=O) groups is 2. The third kappa shape index (κ3) is 4.76. The summed E-state index contributed by atoms with van der Waals surface area (Å²) >= 11 is 0. The summed E-state index contributed by atoms with van der Waals surface area (Å²) in [4.78, 5) is 25.0. The lowest BCUT2D eigenvalue weighted by Crippen LogP contribution is -2.32. The Kier molecular flexibility index (Phi) is 5.64. The molecule has 2 aromatic rings. The van der Waals surface area contributed by atoms with E-state index in [0.29, 0.717) is 11.1 Å². The number of rotatable bonds is 4. The highest BCUT2D eigenvalue weighted by Crippen LogP contribution is 2.29. The van der Waals surface area contributed by atoms with Crippen molar-refractivity contribution in [1.29, 1.82) is 0 Å². The topological polar surface area (TPSA) is 58.2 Å². The van der Waals surface area contributed by atoms with Gasteiger partial charge in [0.2, 0.25) is 0 Å². The van der Waals surface area contributed by atoms with Crippen molar-refractivity contribution >= 4 is 17.5 Å². The molecule has 1 aliphatic rings. The van der Waals surface area contributed by atoms with Crippen LogP contribution in [0.5, 0.6) is 0 Å². The second-order valence-electron chi connectivity index (χ2n) is 8.28. The molecule has 0 atom stereocenters.